The second kappa shape index (κ2) is 3.92. The minimum atomic E-state index is -0.158. The summed E-state index contributed by atoms with van der Waals surface area (Å²) in [4.78, 5) is 10.7. The van der Waals surface area contributed by atoms with Gasteiger partial charge in [-0.25, -0.2) is 0 Å². The van der Waals surface area contributed by atoms with Gasteiger partial charge in [-0.3, -0.25) is 4.79 Å². The van der Waals surface area contributed by atoms with Gasteiger partial charge in [-0.05, 0) is 29.6 Å². The van der Waals surface area contributed by atoms with Crippen molar-refractivity contribution in [2.45, 2.75) is 41.0 Å². The predicted molar refractivity (Wildman–Crippen MR) is 56.8 cm³/mol. The molecule has 0 aromatic carbocycles. The average Bonchev–Trinajstić information content (AvgIpc) is 2.26. The van der Waals surface area contributed by atoms with Crippen LogP contribution in [0.2, 0.25) is 0 Å². The van der Waals surface area contributed by atoms with Crippen LogP contribution in [0.1, 0.15) is 41.0 Å². The molecule has 1 aliphatic carbocycles. The summed E-state index contributed by atoms with van der Waals surface area (Å²) in [6, 6.07) is 0. The van der Waals surface area contributed by atoms with Crippen LogP contribution in [0.25, 0.3) is 0 Å². The topological polar surface area (TPSA) is 26.3 Å². The molecule has 0 amide bonds. The lowest BCUT2D eigenvalue weighted by atomic mass is 9.81. The van der Waals surface area contributed by atoms with Crippen molar-refractivity contribution >= 4 is 5.97 Å². The molecular weight excluding hydrogens is 176 g/mol. The summed E-state index contributed by atoms with van der Waals surface area (Å²) in [5.74, 6) is 1.76. The molecular formula is C12H22O2. The van der Waals surface area contributed by atoms with Crippen molar-refractivity contribution in [2.24, 2.45) is 23.2 Å². The minimum Gasteiger partial charge on any atom is -0.466 e. The largest absolute Gasteiger partial charge is 0.466 e. The number of carbonyl (C=O) groups excluding carboxylic acids is 1. The fraction of sp³-hybridized carbons (Fsp3) is 0.917. The highest BCUT2D eigenvalue weighted by Crippen LogP contribution is 2.49. The Morgan fingerprint density at radius 2 is 2.00 bits per heavy atom. The van der Waals surface area contributed by atoms with Crippen molar-refractivity contribution in [2.75, 3.05) is 6.61 Å². The molecule has 0 bridgehead atoms. The van der Waals surface area contributed by atoms with Crippen LogP contribution in [0.4, 0.5) is 0 Å². The lowest BCUT2D eigenvalue weighted by Crippen LogP contribution is -2.18. The summed E-state index contributed by atoms with van der Waals surface area (Å²) in [5.41, 5.74) is 0.393. The van der Waals surface area contributed by atoms with E-state index in [-0.39, 0.29) is 5.97 Å². The van der Waals surface area contributed by atoms with Crippen LogP contribution in [0, 0.1) is 23.2 Å². The van der Waals surface area contributed by atoms with E-state index >= 15 is 0 Å². The summed E-state index contributed by atoms with van der Waals surface area (Å²) in [7, 11) is 0. The van der Waals surface area contributed by atoms with Gasteiger partial charge in [0.05, 0.1) is 6.61 Å². The van der Waals surface area contributed by atoms with Crippen molar-refractivity contribution < 1.29 is 9.53 Å². The normalized spacial score (nSPS) is 35.6. The summed E-state index contributed by atoms with van der Waals surface area (Å²) in [5, 5.41) is 0. The molecule has 0 spiro atoms. The zero-order valence-electron chi connectivity index (χ0n) is 9.96. The SMILES string of the molecule is CC(=O)OC[C@H]1CC(C)(C)[C@@H](C)[C@@H]1C. The van der Waals surface area contributed by atoms with E-state index in [4.69, 9.17) is 4.74 Å². The van der Waals surface area contributed by atoms with Crippen molar-refractivity contribution in [3.8, 4) is 0 Å². The second-order valence-corrected chi connectivity index (χ2v) is 5.40. The Morgan fingerprint density at radius 3 is 2.36 bits per heavy atom. The number of hydrogen-bond acceptors (Lipinski definition) is 2. The van der Waals surface area contributed by atoms with Crippen LogP contribution >= 0.6 is 0 Å². The fourth-order valence-corrected chi connectivity index (χ4v) is 2.60. The number of carbonyl (C=O) groups is 1. The van der Waals surface area contributed by atoms with E-state index in [2.05, 4.69) is 27.7 Å². The molecule has 0 radical (unpaired) electrons. The molecule has 0 unspecified atom stereocenters. The highest BCUT2D eigenvalue weighted by Gasteiger charge is 2.43. The molecule has 0 aliphatic heterocycles. The van der Waals surface area contributed by atoms with E-state index in [0.29, 0.717) is 29.8 Å². The Balaban J connectivity index is 2.53. The number of hydrogen-bond donors (Lipinski definition) is 0. The highest BCUT2D eigenvalue weighted by atomic mass is 16.5. The van der Waals surface area contributed by atoms with Gasteiger partial charge in [-0.2, -0.15) is 0 Å². The first kappa shape index (κ1) is 11.5. The predicted octanol–water partition coefficient (Wildman–Crippen LogP) is 2.87. The van der Waals surface area contributed by atoms with E-state index in [1.54, 1.807) is 0 Å². The Morgan fingerprint density at radius 1 is 1.43 bits per heavy atom. The van der Waals surface area contributed by atoms with Gasteiger partial charge in [0.25, 0.3) is 0 Å². The molecule has 3 atom stereocenters. The van der Waals surface area contributed by atoms with E-state index in [9.17, 15) is 4.79 Å². The monoisotopic (exact) mass is 198 g/mol. The third-order valence-corrected chi connectivity index (χ3v) is 4.05. The Bertz CT molecular complexity index is 220. The van der Waals surface area contributed by atoms with Crippen LogP contribution in [0.3, 0.4) is 0 Å². The van der Waals surface area contributed by atoms with E-state index < -0.39 is 0 Å². The molecule has 1 fully saturated rings. The van der Waals surface area contributed by atoms with Crippen LogP contribution < -0.4 is 0 Å². The minimum absolute atomic E-state index is 0.158. The van der Waals surface area contributed by atoms with Crippen LogP contribution in [0.15, 0.2) is 0 Å². The highest BCUT2D eigenvalue weighted by molar-refractivity contribution is 5.65. The first-order valence-corrected chi connectivity index (χ1v) is 5.48. The maximum atomic E-state index is 10.7. The average molecular weight is 198 g/mol. The van der Waals surface area contributed by atoms with E-state index in [1.165, 1.54) is 13.3 Å². The second-order valence-electron chi connectivity index (χ2n) is 5.40. The molecule has 0 saturated heterocycles. The van der Waals surface area contributed by atoms with Crippen molar-refractivity contribution in [3.63, 3.8) is 0 Å². The third kappa shape index (κ3) is 2.28. The molecule has 0 heterocycles. The molecule has 1 saturated carbocycles. The van der Waals surface area contributed by atoms with Crippen LogP contribution in [-0.2, 0) is 9.53 Å². The first-order chi connectivity index (χ1) is 6.34. The molecule has 1 aliphatic rings. The van der Waals surface area contributed by atoms with Gasteiger partial charge in [0.2, 0.25) is 0 Å². The zero-order chi connectivity index (χ0) is 10.9. The molecule has 14 heavy (non-hydrogen) atoms. The molecule has 0 aromatic heterocycles. The Kier molecular flexibility index (Phi) is 3.23. The van der Waals surface area contributed by atoms with E-state index in [1.807, 2.05) is 0 Å². The van der Waals surface area contributed by atoms with Gasteiger partial charge in [0.15, 0.2) is 0 Å². The molecule has 2 heteroatoms. The zero-order valence-corrected chi connectivity index (χ0v) is 9.96. The standard InChI is InChI=1S/C12H22O2/c1-8-9(2)12(4,5)6-11(8)7-14-10(3)13/h8-9,11H,6-7H2,1-5H3/t8-,9-,11+/m0/s1. The smallest absolute Gasteiger partial charge is 0.302 e. The van der Waals surface area contributed by atoms with Crippen LogP contribution in [-0.4, -0.2) is 12.6 Å². The lowest BCUT2D eigenvalue weighted by Gasteiger charge is -2.25. The van der Waals surface area contributed by atoms with Crippen molar-refractivity contribution in [3.05, 3.63) is 0 Å². The van der Waals surface area contributed by atoms with Gasteiger partial charge < -0.3 is 4.74 Å². The Labute approximate surface area is 87.0 Å². The summed E-state index contributed by atoms with van der Waals surface area (Å²) in [6.45, 7) is 11.3. The van der Waals surface area contributed by atoms with Crippen molar-refractivity contribution in [1.82, 2.24) is 0 Å². The van der Waals surface area contributed by atoms with Gasteiger partial charge in [0, 0.05) is 6.92 Å². The molecule has 0 aromatic rings. The lowest BCUT2D eigenvalue weighted by molar-refractivity contribution is -0.142. The molecule has 1 rings (SSSR count). The van der Waals surface area contributed by atoms with Crippen molar-refractivity contribution in [1.29, 1.82) is 0 Å². The maximum absolute atomic E-state index is 10.7. The van der Waals surface area contributed by atoms with Gasteiger partial charge in [0.1, 0.15) is 0 Å². The summed E-state index contributed by atoms with van der Waals surface area (Å²) < 4.78 is 5.10. The maximum Gasteiger partial charge on any atom is 0.302 e. The van der Waals surface area contributed by atoms with Gasteiger partial charge in [-0.1, -0.05) is 27.7 Å². The third-order valence-electron chi connectivity index (χ3n) is 4.05. The van der Waals surface area contributed by atoms with Gasteiger partial charge in [-0.15, -0.1) is 0 Å². The number of esters is 1. The van der Waals surface area contributed by atoms with Gasteiger partial charge >= 0.3 is 5.97 Å². The quantitative estimate of drug-likeness (QED) is 0.638. The number of ether oxygens (including phenoxy) is 1. The molecule has 82 valence electrons. The van der Waals surface area contributed by atoms with E-state index in [0.717, 1.165) is 0 Å². The Hall–Kier alpha value is -0.530. The fourth-order valence-electron chi connectivity index (χ4n) is 2.60. The van der Waals surface area contributed by atoms with Crippen LogP contribution in [0.5, 0.6) is 0 Å². The first-order valence-electron chi connectivity index (χ1n) is 5.48. The molecule has 2 nitrogen and oxygen atoms in total. The number of rotatable bonds is 2. The molecule has 0 N–H and O–H groups in total. The summed E-state index contributed by atoms with van der Waals surface area (Å²) in [6.07, 6.45) is 1.17. The summed E-state index contributed by atoms with van der Waals surface area (Å²) >= 11 is 0.